The van der Waals surface area contributed by atoms with Gasteiger partial charge in [-0.2, -0.15) is 0 Å². The van der Waals surface area contributed by atoms with Gasteiger partial charge in [-0.1, -0.05) is 26.2 Å². The zero-order chi connectivity index (χ0) is 13.1. The van der Waals surface area contributed by atoms with Crippen molar-refractivity contribution in [3.05, 3.63) is 21.4 Å². The van der Waals surface area contributed by atoms with E-state index in [4.69, 9.17) is 5.84 Å². The van der Waals surface area contributed by atoms with Crippen molar-refractivity contribution in [3.8, 4) is 0 Å². The van der Waals surface area contributed by atoms with Crippen molar-refractivity contribution >= 4 is 11.3 Å². The molecule has 3 N–H and O–H groups in total. The monoisotopic (exact) mass is 266 g/mol. The Balaban J connectivity index is 2.05. The molecule has 2 rings (SSSR count). The molecule has 1 aromatic rings. The number of aryl methyl sites for hydroxylation is 2. The van der Waals surface area contributed by atoms with Crippen LogP contribution < -0.4 is 11.3 Å². The molecule has 2 nitrogen and oxygen atoms in total. The molecule has 0 spiro atoms. The Morgan fingerprint density at radius 2 is 2.00 bits per heavy atom. The highest BCUT2D eigenvalue weighted by Crippen LogP contribution is 2.40. The summed E-state index contributed by atoms with van der Waals surface area (Å²) in [6.45, 7) is 6.71. The van der Waals surface area contributed by atoms with E-state index >= 15 is 0 Å². The highest BCUT2D eigenvalue weighted by atomic mass is 32.1. The van der Waals surface area contributed by atoms with Crippen molar-refractivity contribution in [2.45, 2.75) is 58.9 Å². The molecule has 1 atom stereocenters. The summed E-state index contributed by atoms with van der Waals surface area (Å²) in [5.41, 5.74) is 4.47. The lowest BCUT2D eigenvalue weighted by Crippen LogP contribution is -2.34. The Labute approximate surface area is 115 Å². The summed E-state index contributed by atoms with van der Waals surface area (Å²) >= 11 is 1.90. The summed E-state index contributed by atoms with van der Waals surface area (Å²) in [6, 6.07) is 2.68. The number of hydrogen-bond donors (Lipinski definition) is 2. The normalized spacial score (nSPS) is 26.2. The van der Waals surface area contributed by atoms with Gasteiger partial charge in [-0.25, -0.2) is 0 Å². The molecule has 0 radical (unpaired) electrons. The van der Waals surface area contributed by atoms with Crippen LogP contribution in [0.15, 0.2) is 6.07 Å². The average Bonchev–Trinajstić information content (AvgIpc) is 2.71. The second kappa shape index (κ2) is 6.18. The predicted octanol–water partition coefficient (Wildman–Crippen LogP) is 4.09. The molecule has 0 saturated heterocycles. The first kappa shape index (κ1) is 14.0. The van der Waals surface area contributed by atoms with Crippen LogP contribution in [-0.2, 0) is 0 Å². The standard InChI is InChI=1S/C15H26N2S/c1-4-12-5-7-13(8-6-12)15(17-16)14-9-10(2)11(3)18-14/h9,12-13,15,17H,4-8,16H2,1-3H3. The molecular weight excluding hydrogens is 240 g/mol. The molecule has 1 aliphatic rings. The first-order valence-electron chi connectivity index (χ1n) is 7.18. The summed E-state index contributed by atoms with van der Waals surface area (Å²) in [5.74, 6) is 7.49. The van der Waals surface area contributed by atoms with E-state index in [2.05, 4.69) is 32.3 Å². The summed E-state index contributed by atoms with van der Waals surface area (Å²) in [6.07, 6.45) is 6.74. The van der Waals surface area contributed by atoms with Crippen LogP contribution >= 0.6 is 11.3 Å². The van der Waals surface area contributed by atoms with E-state index in [1.807, 2.05) is 11.3 Å². The van der Waals surface area contributed by atoms with Crippen LogP contribution in [0.3, 0.4) is 0 Å². The molecule has 1 heterocycles. The van der Waals surface area contributed by atoms with E-state index in [1.54, 1.807) is 0 Å². The minimum Gasteiger partial charge on any atom is -0.271 e. The maximum absolute atomic E-state index is 5.82. The van der Waals surface area contributed by atoms with Crippen LogP contribution in [0, 0.1) is 25.7 Å². The molecular formula is C15H26N2S. The first-order chi connectivity index (χ1) is 8.65. The van der Waals surface area contributed by atoms with Crippen LogP contribution in [0.25, 0.3) is 0 Å². The van der Waals surface area contributed by atoms with Crippen molar-refractivity contribution in [1.29, 1.82) is 0 Å². The number of hydrazine groups is 1. The maximum Gasteiger partial charge on any atom is 0.0581 e. The fraction of sp³-hybridized carbons (Fsp3) is 0.733. The quantitative estimate of drug-likeness (QED) is 0.636. The number of thiophene rings is 1. The van der Waals surface area contributed by atoms with E-state index in [1.165, 1.54) is 47.4 Å². The second-order valence-electron chi connectivity index (χ2n) is 5.72. The lowest BCUT2D eigenvalue weighted by atomic mass is 9.77. The number of nitrogens with one attached hydrogen (secondary N) is 1. The third-order valence-corrected chi connectivity index (χ3v) is 5.85. The first-order valence-corrected chi connectivity index (χ1v) is 8.00. The number of nitrogens with two attached hydrogens (primary N) is 1. The van der Waals surface area contributed by atoms with Gasteiger partial charge in [-0.15, -0.1) is 11.3 Å². The summed E-state index contributed by atoms with van der Waals surface area (Å²) in [5, 5.41) is 0. The number of rotatable bonds is 4. The van der Waals surface area contributed by atoms with E-state index in [-0.39, 0.29) is 0 Å². The SMILES string of the molecule is CCC1CCC(C(NN)c2cc(C)c(C)s2)CC1. The fourth-order valence-electron chi connectivity index (χ4n) is 3.14. The lowest BCUT2D eigenvalue weighted by Gasteiger charge is -2.32. The van der Waals surface area contributed by atoms with Gasteiger partial charge in [0.05, 0.1) is 6.04 Å². The Bertz CT molecular complexity index is 358. The molecule has 1 aromatic heterocycles. The smallest absolute Gasteiger partial charge is 0.0581 e. The van der Waals surface area contributed by atoms with E-state index in [9.17, 15) is 0 Å². The molecule has 18 heavy (non-hydrogen) atoms. The van der Waals surface area contributed by atoms with Gasteiger partial charge in [0.15, 0.2) is 0 Å². The molecule has 0 amide bonds. The molecule has 102 valence electrons. The third-order valence-electron chi connectivity index (χ3n) is 4.61. The molecule has 3 heteroatoms. The molecule has 1 saturated carbocycles. The number of hydrogen-bond acceptors (Lipinski definition) is 3. The van der Waals surface area contributed by atoms with Crippen molar-refractivity contribution in [2.24, 2.45) is 17.7 Å². The van der Waals surface area contributed by atoms with Crippen molar-refractivity contribution in [3.63, 3.8) is 0 Å². The molecule has 1 fully saturated rings. The summed E-state index contributed by atoms with van der Waals surface area (Å²) in [4.78, 5) is 2.85. The van der Waals surface area contributed by atoms with E-state index in [0.717, 1.165) is 11.8 Å². The van der Waals surface area contributed by atoms with Gasteiger partial charge >= 0.3 is 0 Å². The zero-order valence-corrected chi connectivity index (χ0v) is 12.6. The fourth-order valence-corrected chi connectivity index (χ4v) is 4.33. The maximum atomic E-state index is 5.82. The second-order valence-corrected chi connectivity index (χ2v) is 7.01. The van der Waals surface area contributed by atoms with Crippen LogP contribution in [0.5, 0.6) is 0 Å². The Hall–Kier alpha value is -0.380. The highest BCUT2D eigenvalue weighted by molar-refractivity contribution is 7.12. The van der Waals surface area contributed by atoms with Crippen LogP contribution in [-0.4, -0.2) is 0 Å². The van der Waals surface area contributed by atoms with Gasteiger partial charge in [0.1, 0.15) is 0 Å². The third kappa shape index (κ3) is 2.95. The molecule has 1 unspecified atom stereocenters. The van der Waals surface area contributed by atoms with Gasteiger partial charge in [-0.3, -0.25) is 11.3 Å². The molecule has 0 bridgehead atoms. The lowest BCUT2D eigenvalue weighted by molar-refractivity contribution is 0.221. The minimum atomic E-state index is 0.361. The summed E-state index contributed by atoms with van der Waals surface area (Å²) < 4.78 is 0. The molecule has 0 aromatic carbocycles. The summed E-state index contributed by atoms with van der Waals surface area (Å²) in [7, 11) is 0. The topological polar surface area (TPSA) is 38.0 Å². The largest absolute Gasteiger partial charge is 0.271 e. The van der Waals surface area contributed by atoms with Gasteiger partial charge in [0, 0.05) is 9.75 Å². The Morgan fingerprint density at radius 1 is 1.33 bits per heavy atom. The predicted molar refractivity (Wildman–Crippen MR) is 79.6 cm³/mol. The average molecular weight is 266 g/mol. The van der Waals surface area contributed by atoms with Gasteiger partial charge < -0.3 is 0 Å². The molecule has 1 aliphatic carbocycles. The van der Waals surface area contributed by atoms with E-state index in [0.29, 0.717) is 6.04 Å². The van der Waals surface area contributed by atoms with Crippen molar-refractivity contribution < 1.29 is 0 Å². The van der Waals surface area contributed by atoms with Crippen molar-refractivity contribution in [2.75, 3.05) is 0 Å². The van der Waals surface area contributed by atoms with Crippen LogP contribution in [0.2, 0.25) is 0 Å². The van der Waals surface area contributed by atoms with Crippen LogP contribution in [0.1, 0.15) is 60.4 Å². The highest BCUT2D eigenvalue weighted by Gasteiger charge is 2.28. The van der Waals surface area contributed by atoms with Gasteiger partial charge in [0.25, 0.3) is 0 Å². The van der Waals surface area contributed by atoms with Gasteiger partial charge in [0.2, 0.25) is 0 Å². The van der Waals surface area contributed by atoms with Crippen molar-refractivity contribution in [1.82, 2.24) is 5.43 Å². The Kier molecular flexibility index (Phi) is 4.82. The molecule has 0 aliphatic heterocycles. The Morgan fingerprint density at radius 3 is 2.44 bits per heavy atom. The van der Waals surface area contributed by atoms with E-state index < -0.39 is 0 Å². The zero-order valence-electron chi connectivity index (χ0n) is 11.8. The van der Waals surface area contributed by atoms with Gasteiger partial charge in [-0.05, 0) is 50.2 Å². The van der Waals surface area contributed by atoms with Crippen LogP contribution in [0.4, 0.5) is 0 Å². The minimum absolute atomic E-state index is 0.361.